The maximum absolute atomic E-state index is 12.1. The van der Waals surface area contributed by atoms with Gasteiger partial charge >= 0.3 is 0 Å². The van der Waals surface area contributed by atoms with E-state index in [0.29, 0.717) is 12.3 Å². The second-order valence-corrected chi connectivity index (χ2v) is 6.49. The van der Waals surface area contributed by atoms with Crippen LogP contribution < -0.4 is 5.32 Å². The number of amides is 1. The van der Waals surface area contributed by atoms with Crippen molar-refractivity contribution in [2.75, 3.05) is 18.1 Å². The molecule has 0 radical (unpaired) electrons. The SMILES string of the molecule is Cc1cccc(C(C)C(=O)NCC2(O)CCSC2)c1. The number of carbonyl (C=O) groups excluding carboxylic acids is 1. The molecule has 1 amide bonds. The lowest BCUT2D eigenvalue weighted by Crippen LogP contribution is -2.44. The predicted molar refractivity (Wildman–Crippen MR) is 79.5 cm³/mol. The van der Waals surface area contributed by atoms with Gasteiger partial charge < -0.3 is 10.4 Å². The van der Waals surface area contributed by atoms with Crippen molar-refractivity contribution in [1.29, 1.82) is 0 Å². The quantitative estimate of drug-likeness (QED) is 0.887. The normalized spacial score (nSPS) is 24.2. The second-order valence-electron chi connectivity index (χ2n) is 5.38. The van der Waals surface area contributed by atoms with Gasteiger partial charge in [-0.25, -0.2) is 0 Å². The van der Waals surface area contributed by atoms with Gasteiger partial charge in [-0.05, 0) is 31.6 Å². The fourth-order valence-corrected chi connectivity index (χ4v) is 3.53. The minimum absolute atomic E-state index is 0.0177. The number of aryl methyl sites for hydroxylation is 1. The molecule has 1 saturated heterocycles. The second kappa shape index (κ2) is 5.97. The van der Waals surface area contributed by atoms with Crippen molar-refractivity contribution in [3.05, 3.63) is 35.4 Å². The lowest BCUT2D eigenvalue weighted by molar-refractivity contribution is -0.123. The van der Waals surface area contributed by atoms with Crippen LogP contribution in [-0.2, 0) is 4.79 Å². The van der Waals surface area contributed by atoms with Gasteiger partial charge in [0.1, 0.15) is 0 Å². The third-order valence-electron chi connectivity index (χ3n) is 3.61. The van der Waals surface area contributed by atoms with Crippen molar-refractivity contribution in [2.24, 2.45) is 0 Å². The van der Waals surface area contributed by atoms with Gasteiger partial charge in [-0.2, -0.15) is 11.8 Å². The lowest BCUT2D eigenvalue weighted by atomic mass is 9.98. The van der Waals surface area contributed by atoms with Crippen molar-refractivity contribution in [3.8, 4) is 0 Å². The van der Waals surface area contributed by atoms with Gasteiger partial charge in [0.2, 0.25) is 5.91 Å². The fraction of sp³-hybridized carbons (Fsp3) is 0.533. The molecule has 1 aromatic carbocycles. The first kappa shape index (κ1) is 14.4. The van der Waals surface area contributed by atoms with E-state index in [0.717, 1.165) is 23.3 Å². The van der Waals surface area contributed by atoms with Crippen LogP contribution in [0.15, 0.2) is 24.3 Å². The standard InChI is InChI=1S/C15H21NO2S/c1-11-4-3-5-13(8-11)12(2)14(17)16-9-15(18)6-7-19-10-15/h3-5,8,12,18H,6-7,9-10H2,1-2H3,(H,16,17). The van der Waals surface area contributed by atoms with E-state index in [2.05, 4.69) is 5.32 Å². The molecule has 0 bridgehead atoms. The van der Waals surface area contributed by atoms with Crippen LogP contribution in [0.25, 0.3) is 0 Å². The molecule has 1 aromatic rings. The summed E-state index contributed by atoms with van der Waals surface area (Å²) in [6.45, 7) is 4.28. The van der Waals surface area contributed by atoms with Crippen molar-refractivity contribution in [3.63, 3.8) is 0 Å². The molecular weight excluding hydrogens is 258 g/mol. The van der Waals surface area contributed by atoms with E-state index in [1.165, 1.54) is 0 Å². The zero-order valence-electron chi connectivity index (χ0n) is 11.5. The van der Waals surface area contributed by atoms with Crippen molar-refractivity contribution in [2.45, 2.75) is 31.8 Å². The fourth-order valence-electron chi connectivity index (χ4n) is 2.23. The first-order valence-corrected chi connectivity index (χ1v) is 7.80. The van der Waals surface area contributed by atoms with Gasteiger partial charge in [0.15, 0.2) is 0 Å². The minimum Gasteiger partial charge on any atom is -0.387 e. The number of nitrogens with one attached hydrogen (secondary N) is 1. The Morgan fingerprint density at radius 3 is 3.00 bits per heavy atom. The highest BCUT2D eigenvalue weighted by atomic mass is 32.2. The molecule has 0 saturated carbocycles. The Morgan fingerprint density at radius 1 is 1.58 bits per heavy atom. The van der Waals surface area contributed by atoms with E-state index < -0.39 is 5.60 Å². The summed E-state index contributed by atoms with van der Waals surface area (Å²) >= 11 is 1.74. The number of benzene rings is 1. The molecule has 1 fully saturated rings. The van der Waals surface area contributed by atoms with E-state index in [1.54, 1.807) is 11.8 Å². The third-order valence-corrected chi connectivity index (χ3v) is 4.84. The molecule has 4 heteroatoms. The summed E-state index contributed by atoms with van der Waals surface area (Å²) in [5.74, 6) is 1.49. The molecule has 1 aliphatic heterocycles. The zero-order valence-corrected chi connectivity index (χ0v) is 12.3. The number of rotatable bonds is 4. The van der Waals surface area contributed by atoms with E-state index in [-0.39, 0.29) is 11.8 Å². The maximum atomic E-state index is 12.1. The third kappa shape index (κ3) is 3.74. The summed E-state index contributed by atoms with van der Waals surface area (Å²) < 4.78 is 0. The Morgan fingerprint density at radius 2 is 2.37 bits per heavy atom. The summed E-state index contributed by atoms with van der Waals surface area (Å²) in [6, 6.07) is 7.99. The van der Waals surface area contributed by atoms with Crippen LogP contribution in [0, 0.1) is 6.92 Å². The molecule has 1 aliphatic rings. The summed E-state index contributed by atoms with van der Waals surface area (Å²) in [4.78, 5) is 12.1. The van der Waals surface area contributed by atoms with Crippen LogP contribution in [0.5, 0.6) is 0 Å². The molecule has 0 aromatic heterocycles. The molecule has 2 atom stereocenters. The Labute approximate surface area is 118 Å². The summed E-state index contributed by atoms with van der Waals surface area (Å²) in [7, 11) is 0. The molecule has 3 nitrogen and oxygen atoms in total. The number of hydrogen-bond donors (Lipinski definition) is 2. The highest BCUT2D eigenvalue weighted by Gasteiger charge is 2.32. The molecule has 104 valence electrons. The largest absolute Gasteiger partial charge is 0.387 e. The molecule has 1 heterocycles. The van der Waals surface area contributed by atoms with Gasteiger partial charge in [-0.1, -0.05) is 29.8 Å². The minimum atomic E-state index is -0.716. The lowest BCUT2D eigenvalue weighted by Gasteiger charge is -2.23. The highest BCUT2D eigenvalue weighted by molar-refractivity contribution is 7.99. The van der Waals surface area contributed by atoms with Crippen LogP contribution in [0.2, 0.25) is 0 Å². The monoisotopic (exact) mass is 279 g/mol. The van der Waals surface area contributed by atoms with Gasteiger partial charge in [0.25, 0.3) is 0 Å². The van der Waals surface area contributed by atoms with E-state index in [9.17, 15) is 9.90 Å². The van der Waals surface area contributed by atoms with E-state index >= 15 is 0 Å². The van der Waals surface area contributed by atoms with Crippen LogP contribution in [0.1, 0.15) is 30.4 Å². The topological polar surface area (TPSA) is 49.3 Å². The van der Waals surface area contributed by atoms with Gasteiger partial charge in [-0.15, -0.1) is 0 Å². The van der Waals surface area contributed by atoms with Crippen LogP contribution in [0.3, 0.4) is 0 Å². The number of hydrogen-bond acceptors (Lipinski definition) is 3. The Balaban J connectivity index is 1.92. The average Bonchev–Trinajstić information content (AvgIpc) is 2.82. The van der Waals surface area contributed by atoms with E-state index in [4.69, 9.17) is 0 Å². The van der Waals surface area contributed by atoms with Gasteiger partial charge in [0.05, 0.1) is 11.5 Å². The Hall–Kier alpha value is -1.00. The molecule has 2 rings (SSSR count). The van der Waals surface area contributed by atoms with Crippen LogP contribution in [0.4, 0.5) is 0 Å². The summed E-state index contributed by atoms with van der Waals surface area (Å²) in [5.41, 5.74) is 1.46. The molecule has 0 aliphatic carbocycles. The smallest absolute Gasteiger partial charge is 0.227 e. The highest BCUT2D eigenvalue weighted by Crippen LogP contribution is 2.27. The first-order chi connectivity index (χ1) is 9.00. The summed E-state index contributed by atoms with van der Waals surface area (Å²) in [6.07, 6.45) is 0.761. The molecule has 19 heavy (non-hydrogen) atoms. The van der Waals surface area contributed by atoms with Crippen molar-refractivity contribution < 1.29 is 9.90 Å². The summed E-state index contributed by atoms with van der Waals surface area (Å²) in [5, 5.41) is 13.1. The predicted octanol–water partition coefficient (Wildman–Crippen LogP) is 2.08. The van der Waals surface area contributed by atoms with Gasteiger partial charge in [0, 0.05) is 12.3 Å². The van der Waals surface area contributed by atoms with Gasteiger partial charge in [-0.3, -0.25) is 4.79 Å². The molecule has 2 N–H and O–H groups in total. The molecular formula is C15H21NO2S. The number of carbonyl (C=O) groups is 1. The maximum Gasteiger partial charge on any atom is 0.227 e. The molecule has 2 unspecified atom stereocenters. The van der Waals surface area contributed by atoms with Crippen LogP contribution >= 0.6 is 11.8 Å². The number of thioether (sulfide) groups is 1. The van der Waals surface area contributed by atoms with E-state index in [1.807, 2.05) is 38.1 Å². The first-order valence-electron chi connectivity index (χ1n) is 6.65. The average molecular weight is 279 g/mol. The Bertz CT molecular complexity index is 455. The van der Waals surface area contributed by atoms with Crippen molar-refractivity contribution in [1.82, 2.24) is 5.32 Å². The zero-order chi connectivity index (χ0) is 13.9. The Kier molecular flexibility index (Phi) is 4.53. The van der Waals surface area contributed by atoms with Crippen molar-refractivity contribution >= 4 is 17.7 Å². The number of aliphatic hydroxyl groups is 1. The molecule has 0 spiro atoms. The van der Waals surface area contributed by atoms with Crippen LogP contribution in [-0.4, -0.2) is 34.7 Å².